The molecule has 0 fully saturated rings. The van der Waals surface area contributed by atoms with Gasteiger partial charge in [0.1, 0.15) is 5.75 Å². The van der Waals surface area contributed by atoms with Crippen molar-refractivity contribution in [2.75, 3.05) is 4.72 Å². The van der Waals surface area contributed by atoms with Crippen LogP contribution in [0, 0.1) is 11.3 Å². The first-order valence-corrected chi connectivity index (χ1v) is 7.57. The van der Waals surface area contributed by atoms with Crippen LogP contribution in [0.5, 0.6) is 5.75 Å². The third-order valence-corrected chi connectivity index (χ3v) is 4.03. The Labute approximate surface area is 130 Å². The molecule has 0 radical (unpaired) electrons. The molecule has 23 heavy (non-hydrogen) atoms. The van der Waals surface area contributed by atoms with Crippen molar-refractivity contribution < 1.29 is 26.3 Å². The van der Waals surface area contributed by atoms with Gasteiger partial charge in [0, 0.05) is 5.69 Å². The van der Waals surface area contributed by atoms with E-state index in [4.69, 9.17) is 5.26 Å². The summed E-state index contributed by atoms with van der Waals surface area (Å²) in [5.41, 5.74) is 0.376. The van der Waals surface area contributed by atoms with Crippen molar-refractivity contribution >= 4 is 15.7 Å². The Morgan fingerprint density at radius 3 is 2.04 bits per heavy atom. The van der Waals surface area contributed by atoms with Gasteiger partial charge in [-0.25, -0.2) is 8.42 Å². The van der Waals surface area contributed by atoms with Crippen LogP contribution in [0.25, 0.3) is 0 Å². The Morgan fingerprint density at radius 1 is 1.00 bits per heavy atom. The summed E-state index contributed by atoms with van der Waals surface area (Å²) in [7, 11) is -3.91. The first-order chi connectivity index (χ1) is 10.7. The van der Waals surface area contributed by atoms with Crippen LogP contribution in [0.15, 0.2) is 53.4 Å². The molecular weight excluding hydrogens is 333 g/mol. The summed E-state index contributed by atoms with van der Waals surface area (Å²) in [4.78, 5) is -0.0767. The number of alkyl halides is 3. The van der Waals surface area contributed by atoms with Crippen LogP contribution in [0.2, 0.25) is 0 Å². The SMILES string of the molecule is N#Cc1ccc(S(=O)(=O)Nc2ccc(OC(F)(F)F)cc2)cc1. The van der Waals surface area contributed by atoms with Gasteiger partial charge in [-0.2, -0.15) is 5.26 Å². The number of nitrogens with one attached hydrogen (secondary N) is 1. The third-order valence-electron chi connectivity index (χ3n) is 2.63. The fourth-order valence-corrected chi connectivity index (χ4v) is 2.71. The second-order valence-corrected chi connectivity index (χ2v) is 6.00. The lowest BCUT2D eigenvalue weighted by atomic mass is 10.2. The smallest absolute Gasteiger partial charge is 0.406 e. The second kappa shape index (κ2) is 6.18. The molecule has 1 N–H and O–H groups in total. The van der Waals surface area contributed by atoms with Crippen molar-refractivity contribution in [1.82, 2.24) is 0 Å². The number of halogens is 3. The van der Waals surface area contributed by atoms with Crippen LogP contribution in [0.1, 0.15) is 5.56 Å². The Hall–Kier alpha value is -2.73. The summed E-state index contributed by atoms with van der Waals surface area (Å²) in [5.74, 6) is -0.459. The van der Waals surface area contributed by atoms with E-state index in [9.17, 15) is 21.6 Å². The normalized spacial score (nSPS) is 11.6. The number of hydrogen-bond acceptors (Lipinski definition) is 4. The van der Waals surface area contributed by atoms with E-state index in [1.165, 1.54) is 24.3 Å². The van der Waals surface area contributed by atoms with Crippen LogP contribution in [0.3, 0.4) is 0 Å². The number of benzene rings is 2. The van der Waals surface area contributed by atoms with E-state index in [0.29, 0.717) is 5.56 Å². The van der Waals surface area contributed by atoms with Gasteiger partial charge in [0.15, 0.2) is 0 Å². The lowest BCUT2D eigenvalue weighted by molar-refractivity contribution is -0.274. The number of anilines is 1. The molecule has 9 heteroatoms. The van der Waals surface area contributed by atoms with Crippen LogP contribution in [-0.4, -0.2) is 14.8 Å². The van der Waals surface area contributed by atoms with Gasteiger partial charge in [-0.3, -0.25) is 4.72 Å². The number of hydrogen-bond donors (Lipinski definition) is 1. The molecule has 0 atom stereocenters. The van der Waals surface area contributed by atoms with E-state index in [0.717, 1.165) is 24.3 Å². The zero-order chi connectivity index (χ0) is 17.1. The molecule has 5 nitrogen and oxygen atoms in total. The van der Waals surface area contributed by atoms with Gasteiger partial charge in [-0.05, 0) is 48.5 Å². The first kappa shape index (κ1) is 16.6. The summed E-state index contributed by atoms with van der Waals surface area (Å²) < 4.78 is 66.2. The highest BCUT2D eigenvalue weighted by Gasteiger charge is 2.31. The van der Waals surface area contributed by atoms with E-state index in [1.807, 2.05) is 6.07 Å². The Bertz CT molecular complexity index is 824. The fourth-order valence-electron chi connectivity index (χ4n) is 1.65. The van der Waals surface area contributed by atoms with Crippen molar-refractivity contribution in [2.45, 2.75) is 11.3 Å². The zero-order valence-corrected chi connectivity index (χ0v) is 12.1. The summed E-state index contributed by atoms with van der Waals surface area (Å²) >= 11 is 0. The minimum Gasteiger partial charge on any atom is -0.406 e. The Kier molecular flexibility index (Phi) is 4.47. The molecule has 2 aromatic rings. The molecule has 2 rings (SSSR count). The maximum Gasteiger partial charge on any atom is 0.573 e. The molecule has 0 saturated carbocycles. The van der Waals surface area contributed by atoms with Crippen molar-refractivity contribution in [3.63, 3.8) is 0 Å². The summed E-state index contributed by atoms with van der Waals surface area (Å²) in [5, 5.41) is 8.67. The predicted molar refractivity (Wildman–Crippen MR) is 75.1 cm³/mol. The molecule has 0 aliphatic heterocycles. The highest BCUT2D eigenvalue weighted by Crippen LogP contribution is 2.25. The molecule has 0 aliphatic carbocycles. The maximum atomic E-state index is 12.1. The molecule has 0 unspecified atom stereocenters. The second-order valence-electron chi connectivity index (χ2n) is 4.31. The fraction of sp³-hybridized carbons (Fsp3) is 0.0714. The quantitative estimate of drug-likeness (QED) is 0.925. The van der Waals surface area contributed by atoms with Gasteiger partial charge in [-0.1, -0.05) is 0 Å². The van der Waals surface area contributed by atoms with E-state index in [2.05, 4.69) is 9.46 Å². The van der Waals surface area contributed by atoms with E-state index < -0.39 is 22.1 Å². The van der Waals surface area contributed by atoms with Gasteiger partial charge >= 0.3 is 6.36 Å². The van der Waals surface area contributed by atoms with Crippen molar-refractivity contribution in [1.29, 1.82) is 5.26 Å². The molecular formula is C14H9F3N2O3S. The average molecular weight is 342 g/mol. The van der Waals surface area contributed by atoms with Crippen molar-refractivity contribution in [3.8, 4) is 11.8 Å². The minimum atomic E-state index is -4.82. The van der Waals surface area contributed by atoms with Gasteiger partial charge in [0.2, 0.25) is 0 Å². The highest BCUT2D eigenvalue weighted by molar-refractivity contribution is 7.92. The first-order valence-electron chi connectivity index (χ1n) is 6.08. The number of nitriles is 1. The predicted octanol–water partition coefficient (Wildman–Crippen LogP) is 3.26. The van der Waals surface area contributed by atoms with Gasteiger partial charge in [0.05, 0.1) is 16.5 Å². The minimum absolute atomic E-state index is 0.0730. The van der Waals surface area contributed by atoms with E-state index in [-0.39, 0.29) is 10.6 Å². The van der Waals surface area contributed by atoms with Crippen LogP contribution in [0.4, 0.5) is 18.9 Å². The average Bonchev–Trinajstić information content (AvgIpc) is 2.48. The molecule has 0 aromatic heterocycles. The monoisotopic (exact) mass is 342 g/mol. The number of ether oxygens (including phenoxy) is 1. The Balaban J connectivity index is 2.15. The number of nitrogens with zero attached hydrogens (tertiary/aromatic N) is 1. The summed E-state index contributed by atoms with van der Waals surface area (Å²) in [6.07, 6.45) is -4.82. The molecule has 2 aromatic carbocycles. The van der Waals surface area contributed by atoms with Crippen molar-refractivity contribution in [3.05, 3.63) is 54.1 Å². The van der Waals surface area contributed by atoms with Gasteiger partial charge in [-0.15, -0.1) is 13.2 Å². The van der Waals surface area contributed by atoms with Crippen LogP contribution in [-0.2, 0) is 10.0 Å². The van der Waals surface area contributed by atoms with Crippen LogP contribution < -0.4 is 9.46 Å². The maximum absolute atomic E-state index is 12.1. The summed E-state index contributed by atoms with van der Waals surface area (Å²) in [6.45, 7) is 0. The highest BCUT2D eigenvalue weighted by atomic mass is 32.2. The van der Waals surface area contributed by atoms with Gasteiger partial charge in [0.25, 0.3) is 10.0 Å². The molecule has 120 valence electrons. The molecule has 0 amide bonds. The zero-order valence-electron chi connectivity index (χ0n) is 11.3. The largest absolute Gasteiger partial charge is 0.573 e. The van der Waals surface area contributed by atoms with E-state index in [1.54, 1.807) is 0 Å². The molecule has 0 saturated heterocycles. The molecule has 0 heterocycles. The number of sulfonamides is 1. The lowest BCUT2D eigenvalue weighted by Gasteiger charge is -2.11. The summed E-state index contributed by atoms with van der Waals surface area (Å²) in [6, 6.07) is 11.3. The van der Waals surface area contributed by atoms with Gasteiger partial charge < -0.3 is 4.74 Å². The lowest BCUT2D eigenvalue weighted by Crippen LogP contribution is -2.17. The standard InChI is InChI=1S/C14H9F3N2O3S/c15-14(16,17)22-12-5-3-11(4-6-12)19-23(20,21)13-7-1-10(9-18)2-8-13/h1-8,19H. The molecule has 0 bridgehead atoms. The van der Waals surface area contributed by atoms with Crippen molar-refractivity contribution in [2.24, 2.45) is 0 Å². The van der Waals surface area contributed by atoms with E-state index >= 15 is 0 Å². The molecule has 0 aliphatic rings. The topological polar surface area (TPSA) is 79.2 Å². The third kappa shape index (κ3) is 4.62. The number of rotatable bonds is 4. The Morgan fingerprint density at radius 2 is 1.57 bits per heavy atom. The van der Waals surface area contributed by atoms with Crippen LogP contribution >= 0.6 is 0 Å². The molecule has 0 spiro atoms.